The molecule has 1 aromatic carbocycles. The van der Waals surface area contributed by atoms with Gasteiger partial charge in [0.2, 0.25) is 0 Å². The summed E-state index contributed by atoms with van der Waals surface area (Å²) in [6.07, 6.45) is 2.18. The fourth-order valence-corrected chi connectivity index (χ4v) is 2.59. The minimum absolute atomic E-state index is 0.0719. The van der Waals surface area contributed by atoms with Crippen molar-refractivity contribution in [2.24, 2.45) is 0 Å². The average molecular weight is 297 g/mol. The van der Waals surface area contributed by atoms with Crippen LogP contribution in [-0.4, -0.2) is 23.4 Å². The number of nitrogen functional groups attached to an aromatic ring is 2. The van der Waals surface area contributed by atoms with E-state index in [1.165, 1.54) is 6.26 Å². The van der Waals surface area contributed by atoms with Gasteiger partial charge in [0.05, 0.1) is 17.0 Å². The van der Waals surface area contributed by atoms with E-state index in [2.05, 4.69) is 0 Å². The maximum absolute atomic E-state index is 9.24. The van der Waals surface area contributed by atoms with Crippen molar-refractivity contribution in [1.29, 1.82) is 0 Å². The third-order valence-electron chi connectivity index (χ3n) is 3.21. The summed E-state index contributed by atoms with van der Waals surface area (Å²) in [6, 6.07) is 3.50. The lowest BCUT2D eigenvalue weighted by Crippen LogP contribution is -2.09. The Morgan fingerprint density at radius 1 is 1.05 bits per heavy atom. The zero-order chi connectivity index (χ0) is 14.7. The van der Waals surface area contributed by atoms with E-state index in [9.17, 15) is 5.11 Å². The predicted molar refractivity (Wildman–Crippen MR) is 79.6 cm³/mol. The van der Waals surface area contributed by atoms with Crippen molar-refractivity contribution in [3.63, 3.8) is 0 Å². The molecule has 6 N–H and O–H groups in total. The molecule has 20 heavy (non-hydrogen) atoms. The molecule has 2 aromatic rings. The number of furan rings is 1. The molecular formula is C14H17ClN2O3. The van der Waals surface area contributed by atoms with Crippen LogP contribution >= 0.6 is 11.6 Å². The van der Waals surface area contributed by atoms with Crippen molar-refractivity contribution < 1.29 is 14.6 Å². The van der Waals surface area contributed by atoms with Crippen molar-refractivity contribution in [3.8, 4) is 11.3 Å². The summed E-state index contributed by atoms with van der Waals surface area (Å²) in [5.41, 5.74) is 14.9. The lowest BCUT2D eigenvalue weighted by atomic mass is 9.94. The van der Waals surface area contributed by atoms with Gasteiger partial charge in [0, 0.05) is 24.5 Å². The normalized spacial score (nSPS) is 10.9. The maximum atomic E-state index is 9.24. The van der Waals surface area contributed by atoms with Gasteiger partial charge in [0.15, 0.2) is 0 Å². The van der Waals surface area contributed by atoms with Gasteiger partial charge in [-0.2, -0.15) is 0 Å². The molecule has 0 saturated heterocycles. The molecule has 0 aliphatic rings. The molecule has 2 rings (SSSR count). The molecule has 108 valence electrons. The first-order valence-corrected chi connectivity index (χ1v) is 6.63. The summed E-state index contributed by atoms with van der Waals surface area (Å²) in [7, 11) is 0. The van der Waals surface area contributed by atoms with Gasteiger partial charge in [-0.05, 0) is 36.1 Å². The second kappa shape index (κ2) is 6.17. The van der Waals surface area contributed by atoms with E-state index in [-0.39, 0.29) is 13.2 Å². The number of halogens is 1. The molecule has 0 saturated carbocycles. The largest absolute Gasteiger partial charge is 0.464 e. The van der Waals surface area contributed by atoms with Gasteiger partial charge in [0.1, 0.15) is 5.76 Å². The summed E-state index contributed by atoms with van der Waals surface area (Å²) in [4.78, 5) is 0. The standard InChI is InChI=1S/C14H17ClN2O3/c15-12-9(4-6-19)13(16)8(3-5-18)11(14(12)17)10-2-1-7-20-10/h1-2,7,18-19H,3-6,16-17H2. The van der Waals surface area contributed by atoms with Crippen molar-refractivity contribution in [1.82, 2.24) is 0 Å². The zero-order valence-corrected chi connectivity index (χ0v) is 11.7. The topological polar surface area (TPSA) is 106 Å². The quantitative estimate of drug-likeness (QED) is 0.630. The second-order valence-electron chi connectivity index (χ2n) is 4.40. The summed E-state index contributed by atoms with van der Waals surface area (Å²) < 4.78 is 5.37. The predicted octanol–water partition coefficient (Wildman–Crippen LogP) is 1.83. The Hall–Kier alpha value is -1.69. The van der Waals surface area contributed by atoms with Gasteiger partial charge in [-0.25, -0.2) is 0 Å². The molecule has 1 heterocycles. The van der Waals surface area contributed by atoms with Crippen LogP contribution in [0.3, 0.4) is 0 Å². The highest BCUT2D eigenvalue weighted by Gasteiger charge is 2.21. The van der Waals surface area contributed by atoms with Crippen LogP contribution in [0.1, 0.15) is 11.1 Å². The number of benzene rings is 1. The van der Waals surface area contributed by atoms with Gasteiger partial charge in [0.25, 0.3) is 0 Å². The fourth-order valence-electron chi connectivity index (χ4n) is 2.30. The molecule has 0 bridgehead atoms. The lowest BCUT2D eigenvalue weighted by Gasteiger charge is -2.19. The van der Waals surface area contributed by atoms with Crippen molar-refractivity contribution in [2.45, 2.75) is 12.8 Å². The van der Waals surface area contributed by atoms with Crippen molar-refractivity contribution in [2.75, 3.05) is 24.7 Å². The number of aliphatic hydroxyl groups is 2. The Labute approximate surface area is 121 Å². The third kappa shape index (κ3) is 2.47. The number of hydrogen-bond donors (Lipinski definition) is 4. The Morgan fingerprint density at radius 2 is 1.70 bits per heavy atom. The van der Waals surface area contributed by atoms with Crippen LogP contribution in [-0.2, 0) is 12.8 Å². The van der Waals surface area contributed by atoms with E-state index in [0.717, 1.165) is 0 Å². The Balaban J connectivity index is 2.73. The van der Waals surface area contributed by atoms with E-state index in [1.807, 2.05) is 0 Å². The summed E-state index contributed by atoms with van der Waals surface area (Å²) in [6.45, 7) is -0.153. The minimum Gasteiger partial charge on any atom is -0.464 e. The van der Waals surface area contributed by atoms with Crippen LogP contribution in [0.25, 0.3) is 11.3 Å². The zero-order valence-electron chi connectivity index (χ0n) is 10.9. The first kappa shape index (κ1) is 14.7. The van der Waals surface area contributed by atoms with Crippen LogP contribution in [0, 0.1) is 0 Å². The molecule has 0 fully saturated rings. The fraction of sp³-hybridized carbons (Fsp3) is 0.286. The van der Waals surface area contributed by atoms with Crippen molar-refractivity contribution in [3.05, 3.63) is 34.5 Å². The van der Waals surface area contributed by atoms with Gasteiger partial charge in [-0.15, -0.1) is 0 Å². The highest BCUT2D eigenvalue weighted by Crippen LogP contribution is 2.42. The van der Waals surface area contributed by atoms with Crippen molar-refractivity contribution >= 4 is 23.0 Å². The molecule has 0 aliphatic carbocycles. The van der Waals surface area contributed by atoms with Crippen LogP contribution in [0.15, 0.2) is 22.8 Å². The second-order valence-corrected chi connectivity index (χ2v) is 4.78. The average Bonchev–Trinajstić information content (AvgIpc) is 2.95. The Kier molecular flexibility index (Phi) is 4.54. The third-order valence-corrected chi connectivity index (χ3v) is 3.65. The molecule has 5 nitrogen and oxygen atoms in total. The van der Waals surface area contributed by atoms with Gasteiger partial charge >= 0.3 is 0 Å². The highest BCUT2D eigenvalue weighted by molar-refractivity contribution is 6.35. The molecule has 6 heteroatoms. The molecule has 1 aromatic heterocycles. The van der Waals surface area contributed by atoms with Crippen LogP contribution in [0.5, 0.6) is 0 Å². The molecule has 0 spiro atoms. The summed E-state index contributed by atoms with van der Waals surface area (Å²) in [5, 5.41) is 18.7. The Bertz CT molecular complexity index is 597. The van der Waals surface area contributed by atoms with E-state index in [4.69, 9.17) is 32.6 Å². The SMILES string of the molecule is Nc1c(CCO)c(Cl)c(N)c(-c2ccco2)c1CCO. The molecule has 0 unspecified atom stereocenters. The lowest BCUT2D eigenvalue weighted by molar-refractivity contribution is 0.298. The van der Waals surface area contributed by atoms with Gasteiger partial charge in [-0.1, -0.05) is 11.6 Å². The van der Waals surface area contributed by atoms with Gasteiger partial charge < -0.3 is 26.1 Å². The smallest absolute Gasteiger partial charge is 0.136 e. The first-order valence-electron chi connectivity index (χ1n) is 6.25. The first-order chi connectivity index (χ1) is 9.61. The number of anilines is 2. The van der Waals surface area contributed by atoms with Crippen LogP contribution < -0.4 is 11.5 Å². The molecule has 0 aliphatic heterocycles. The monoisotopic (exact) mass is 296 g/mol. The van der Waals surface area contributed by atoms with Gasteiger partial charge in [-0.3, -0.25) is 0 Å². The van der Waals surface area contributed by atoms with Crippen LogP contribution in [0.4, 0.5) is 11.4 Å². The number of rotatable bonds is 5. The van der Waals surface area contributed by atoms with E-state index < -0.39 is 0 Å². The number of aliphatic hydroxyl groups excluding tert-OH is 2. The van der Waals surface area contributed by atoms with E-state index >= 15 is 0 Å². The molecule has 0 radical (unpaired) electrons. The van der Waals surface area contributed by atoms with Crippen LogP contribution in [0.2, 0.25) is 5.02 Å². The number of nitrogens with two attached hydrogens (primary N) is 2. The van der Waals surface area contributed by atoms with E-state index in [0.29, 0.717) is 51.7 Å². The summed E-state index contributed by atoms with van der Waals surface area (Å²) >= 11 is 6.25. The molecule has 0 atom stereocenters. The Morgan fingerprint density at radius 3 is 2.25 bits per heavy atom. The number of hydrogen-bond acceptors (Lipinski definition) is 5. The summed E-state index contributed by atoms with van der Waals surface area (Å²) in [5.74, 6) is 0.551. The van der Waals surface area contributed by atoms with E-state index in [1.54, 1.807) is 12.1 Å². The molecule has 0 amide bonds. The minimum atomic E-state index is -0.0813. The maximum Gasteiger partial charge on any atom is 0.136 e. The molecular weight excluding hydrogens is 280 g/mol. The highest BCUT2D eigenvalue weighted by atomic mass is 35.5.